The largest absolute Gasteiger partial charge is 0.490 e. The quantitative estimate of drug-likeness (QED) is 0.320. The Labute approximate surface area is 202 Å². The highest BCUT2D eigenvalue weighted by Crippen LogP contribution is 2.36. The highest BCUT2D eigenvalue weighted by Gasteiger charge is 2.19. The van der Waals surface area contributed by atoms with Crippen LogP contribution in [0.1, 0.15) is 30.2 Å². The Hall–Kier alpha value is -3.44. The van der Waals surface area contributed by atoms with Crippen molar-refractivity contribution in [2.45, 2.75) is 33.3 Å². The summed E-state index contributed by atoms with van der Waals surface area (Å²) < 4.78 is 23.8. The van der Waals surface area contributed by atoms with Gasteiger partial charge in [-0.2, -0.15) is 0 Å². The fraction of sp³-hybridized carbons (Fsp3) is 0.250. The molecule has 1 aromatic heterocycles. The van der Waals surface area contributed by atoms with E-state index in [0.717, 1.165) is 23.1 Å². The van der Waals surface area contributed by atoms with Gasteiger partial charge in [0.2, 0.25) is 5.43 Å². The molecule has 0 spiro atoms. The third kappa shape index (κ3) is 4.36. The van der Waals surface area contributed by atoms with Crippen LogP contribution in [0.3, 0.4) is 0 Å². The number of halogens is 1. The van der Waals surface area contributed by atoms with Gasteiger partial charge in [-0.3, -0.25) is 4.79 Å². The molecule has 0 N–H and O–H groups in total. The summed E-state index contributed by atoms with van der Waals surface area (Å²) in [5.41, 5.74) is 3.60. The smallest absolute Gasteiger partial charge is 0.200 e. The minimum Gasteiger partial charge on any atom is -0.490 e. The Morgan fingerprint density at radius 1 is 1.00 bits per heavy atom. The normalized spacial score (nSPS) is 13.0. The summed E-state index contributed by atoms with van der Waals surface area (Å²) in [6.45, 7) is 5.41. The lowest BCUT2D eigenvalue weighted by Crippen LogP contribution is -2.09. The van der Waals surface area contributed by atoms with Crippen LogP contribution in [0.15, 0.2) is 63.8 Å². The molecule has 174 valence electrons. The van der Waals surface area contributed by atoms with E-state index in [1.54, 1.807) is 6.92 Å². The number of aryl methyl sites for hydroxylation is 2. The summed E-state index contributed by atoms with van der Waals surface area (Å²) in [5, 5.41) is 1.19. The van der Waals surface area contributed by atoms with Gasteiger partial charge < -0.3 is 18.6 Å². The highest BCUT2D eigenvalue weighted by molar-refractivity contribution is 6.30. The first-order valence-corrected chi connectivity index (χ1v) is 11.8. The molecule has 0 saturated carbocycles. The number of ether oxygens (including phenoxy) is 3. The first-order chi connectivity index (χ1) is 16.5. The summed E-state index contributed by atoms with van der Waals surface area (Å²) in [5.74, 6) is 2.57. The van der Waals surface area contributed by atoms with Crippen LogP contribution in [0.5, 0.6) is 17.2 Å². The summed E-state index contributed by atoms with van der Waals surface area (Å²) in [7, 11) is 0. The van der Waals surface area contributed by atoms with Crippen molar-refractivity contribution >= 4 is 22.6 Å². The number of rotatable bonds is 5. The fourth-order valence-electron chi connectivity index (χ4n) is 4.23. The van der Waals surface area contributed by atoms with Crippen LogP contribution < -0.4 is 19.6 Å². The molecule has 0 unspecified atom stereocenters. The molecule has 5 nitrogen and oxygen atoms in total. The third-order valence-corrected chi connectivity index (χ3v) is 6.19. The highest BCUT2D eigenvalue weighted by atomic mass is 35.5. The molecule has 0 atom stereocenters. The van der Waals surface area contributed by atoms with Crippen LogP contribution in [0.25, 0.3) is 22.1 Å². The third-order valence-electron chi connectivity index (χ3n) is 5.95. The lowest BCUT2D eigenvalue weighted by Gasteiger charge is -2.14. The van der Waals surface area contributed by atoms with Crippen molar-refractivity contribution in [2.24, 2.45) is 0 Å². The number of fused-ring (bicyclic) bond motifs is 2. The molecule has 0 aliphatic carbocycles. The molecule has 0 bridgehead atoms. The van der Waals surface area contributed by atoms with Crippen LogP contribution in [0.2, 0.25) is 5.02 Å². The predicted octanol–water partition coefficient (Wildman–Crippen LogP) is 6.72. The van der Waals surface area contributed by atoms with Crippen molar-refractivity contribution in [1.29, 1.82) is 0 Å². The van der Waals surface area contributed by atoms with E-state index in [2.05, 4.69) is 0 Å². The topological polar surface area (TPSA) is 57.9 Å². The first-order valence-electron chi connectivity index (χ1n) is 11.4. The van der Waals surface area contributed by atoms with E-state index < -0.39 is 0 Å². The summed E-state index contributed by atoms with van der Waals surface area (Å²) in [4.78, 5) is 13.6. The molecule has 34 heavy (non-hydrogen) atoms. The average molecular weight is 477 g/mol. The lowest BCUT2D eigenvalue weighted by molar-refractivity contribution is 0.297. The first kappa shape index (κ1) is 22.4. The monoisotopic (exact) mass is 476 g/mol. The number of hydrogen-bond acceptors (Lipinski definition) is 5. The molecular weight excluding hydrogens is 452 g/mol. The van der Waals surface area contributed by atoms with E-state index in [9.17, 15) is 4.79 Å². The van der Waals surface area contributed by atoms with Crippen molar-refractivity contribution < 1.29 is 18.6 Å². The molecule has 5 rings (SSSR count). The fourth-order valence-corrected chi connectivity index (χ4v) is 4.44. The van der Waals surface area contributed by atoms with E-state index in [4.69, 9.17) is 30.2 Å². The van der Waals surface area contributed by atoms with Gasteiger partial charge >= 0.3 is 0 Å². The molecule has 0 fully saturated rings. The zero-order valence-corrected chi connectivity index (χ0v) is 19.9. The Kier molecular flexibility index (Phi) is 6.20. The van der Waals surface area contributed by atoms with E-state index in [1.165, 1.54) is 0 Å². The van der Waals surface area contributed by atoms with E-state index in [1.807, 2.05) is 61.5 Å². The second-order valence-electron chi connectivity index (χ2n) is 8.30. The van der Waals surface area contributed by atoms with Gasteiger partial charge in [-0.05, 0) is 60.4 Å². The van der Waals surface area contributed by atoms with Crippen molar-refractivity contribution in [2.75, 3.05) is 13.2 Å². The molecule has 1 aliphatic rings. The van der Waals surface area contributed by atoms with Crippen LogP contribution in [-0.4, -0.2) is 13.2 Å². The van der Waals surface area contributed by atoms with Gasteiger partial charge in [0.1, 0.15) is 23.7 Å². The van der Waals surface area contributed by atoms with E-state index in [0.29, 0.717) is 70.8 Å². The van der Waals surface area contributed by atoms with Gasteiger partial charge in [0, 0.05) is 17.5 Å². The standard InChI is InChI=1S/C28H25ClO5/c1-3-19-13-22-25(15-24(19)33-16-18-6-4-7-21(29)12-18)34-17(2)27(28(22)30)20-8-9-23-26(14-20)32-11-5-10-31-23/h4,6-9,12-15H,3,5,10-11,16H2,1-2H3. The SMILES string of the molecule is CCc1cc2c(=O)c(-c3ccc4c(c3)OCCCO4)c(C)oc2cc1OCc1cccc(Cl)c1. The van der Waals surface area contributed by atoms with Crippen LogP contribution in [0, 0.1) is 6.92 Å². The minimum atomic E-state index is -0.0793. The molecule has 2 heterocycles. The zero-order chi connectivity index (χ0) is 23.7. The van der Waals surface area contributed by atoms with Gasteiger partial charge in [-0.15, -0.1) is 0 Å². The molecule has 0 radical (unpaired) electrons. The predicted molar refractivity (Wildman–Crippen MR) is 133 cm³/mol. The van der Waals surface area contributed by atoms with Crippen molar-refractivity contribution in [3.63, 3.8) is 0 Å². The Morgan fingerprint density at radius 2 is 1.82 bits per heavy atom. The Bertz CT molecular complexity index is 1420. The molecular formula is C28H25ClO5. The van der Waals surface area contributed by atoms with Crippen LogP contribution in [-0.2, 0) is 13.0 Å². The van der Waals surface area contributed by atoms with Gasteiger partial charge in [0.25, 0.3) is 0 Å². The van der Waals surface area contributed by atoms with Gasteiger partial charge in [-0.1, -0.05) is 36.7 Å². The summed E-state index contributed by atoms with van der Waals surface area (Å²) in [6, 6.07) is 16.8. The number of benzene rings is 3. The van der Waals surface area contributed by atoms with Crippen molar-refractivity contribution in [3.8, 4) is 28.4 Å². The Morgan fingerprint density at radius 3 is 2.62 bits per heavy atom. The number of hydrogen-bond donors (Lipinski definition) is 0. The second-order valence-corrected chi connectivity index (χ2v) is 8.74. The van der Waals surface area contributed by atoms with Gasteiger partial charge in [0.15, 0.2) is 11.5 Å². The molecule has 6 heteroatoms. The van der Waals surface area contributed by atoms with E-state index in [-0.39, 0.29) is 5.43 Å². The summed E-state index contributed by atoms with van der Waals surface area (Å²) >= 11 is 6.09. The van der Waals surface area contributed by atoms with Crippen molar-refractivity contribution in [3.05, 3.63) is 86.7 Å². The van der Waals surface area contributed by atoms with Gasteiger partial charge in [-0.25, -0.2) is 0 Å². The minimum absolute atomic E-state index is 0.0793. The lowest BCUT2D eigenvalue weighted by atomic mass is 10.0. The maximum absolute atomic E-state index is 13.6. The maximum atomic E-state index is 13.6. The zero-order valence-electron chi connectivity index (χ0n) is 19.2. The summed E-state index contributed by atoms with van der Waals surface area (Å²) in [6.07, 6.45) is 1.54. The molecule has 0 amide bonds. The van der Waals surface area contributed by atoms with Crippen molar-refractivity contribution in [1.82, 2.24) is 0 Å². The second kappa shape index (κ2) is 9.43. The van der Waals surface area contributed by atoms with Crippen LogP contribution >= 0.6 is 11.6 Å². The Balaban J connectivity index is 1.54. The molecule has 3 aromatic carbocycles. The van der Waals surface area contributed by atoms with Crippen LogP contribution in [0.4, 0.5) is 0 Å². The molecule has 4 aromatic rings. The average Bonchev–Trinajstić information content (AvgIpc) is 3.07. The molecule has 1 aliphatic heterocycles. The van der Waals surface area contributed by atoms with E-state index >= 15 is 0 Å². The van der Waals surface area contributed by atoms with Gasteiger partial charge in [0.05, 0.1) is 24.2 Å². The maximum Gasteiger partial charge on any atom is 0.200 e. The molecule has 0 saturated heterocycles.